The first-order valence-corrected chi connectivity index (χ1v) is 9.44. The molecular weight excluding hydrogens is 378 g/mol. The number of anilines is 2. The molecule has 1 amide bonds. The van der Waals surface area contributed by atoms with Crippen LogP contribution in [0, 0.1) is 0 Å². The Morgan fingerprint density at radius 3 is 2.79 bits per heavy atom. The van der Waals surface area contributed by atoms with E-state index in [9.17, 15) is 18.4 Å². The van der Waals surface area contributed by atoms with Crippen molar-refractivity contribution in [3.8, 4) is 0 Å². The molecule has 0 unspecified atom stereocenters. The molecule has 2 N–H and O–H groups in total. The van der Waals surface area contributed by atoms with Gasteiger partial charge < -0.3 is 15.2 Å². The fourth-order valence-corrected chi connectivity index (χ4v) is 3.51. The number of aromatic amines is 1. The maximum Gasteiger partial charge on any atom is 0.259 e. The van der Waals surface area contributed by atoms with Crippen LogP contribution in [0.25, 0.3) is 10.9 Å². The van der Waals surface area contributed by atoms with Gasteiger partial charge in [-0.15, -0.1) is 0 Å². The number of halogens is 2. The Labute approximate surface area is 165 Å². The average Bonchev–Trinajstić information content (AvgIpc) is 2.87. The van der Waals surface area contributed by atoms with Crippen molar-refractivity contribution >= 4 is 28.3 Å². The first-order chi connectivity index (χ1) is 13.9. The fraction of sp³-hybridized carbons (Fsp3) is 0.286. The highest BCUT2D eigenvalue weighted by atomic mass is 19.3. The highest BCUT2D eigenvalue weighted by molar-refractivity contribution is 6.09. The van der Waals surface area contributed by atoms with Crippen molar-refractivity contribution in [1.29, 1.82) is 0 Å². The van der Waals surface area contributed by atoms with Gasteiger partial charge in [-0.1, -0.05) is 18.2 Å². The van der Waals surface area contributed by atoms with E-state index in [1.165, 1.54) is 12.3 Å². The van der Waals surface area contributed by atoms with Gasteiger partial charge in [-0.3, -0.25) is 9.59 Å². The Morgan fingerprint density at radius 2 is 1.97 bits per heavy atom. The summed E-state index contributed by atoms with van der Waals surface area (Å²) in [6.07, 6.45) is 1.30. The van der Waals surface area contributed by atoms with Crippen molar-refractivity contribution in [1.82, 2.24) is 9.97 Å². The van der Waals surface area contributed by atoms with Gasteiger partial charge in [0.05, 0.1) is 11.1 Å². The van der Waals surface area contributed by atoms with Crippen LogP contribution in [-0.4, -0.2) is 34.9 Å². The number of rotatable bonds is 3. The third-order valence-electron chi connectivity index (χ3n) is 5.00. The Balaban J connectivity index is 1.74. The summed E-state index contributed by atoms with van der Waals surface area (Å²) in [4.78, 5) is 33.4. The van der Waals surface area contributed by atoms with Crippen molar-refractivity contribution in [3.63, 3.8) is 0 Å². The SMILES string of the molecule is O=C(Nc1cc[nH]c(=O)c1)c1cc2ccccc2nc1N1CCCC(F)(F)CC1. The number of hydrogen-bond acceptors (Lipinski definition) is 4. The standard InChI is InChI=1S/C21H20F2N4O2/c22-21(23)7-3-10-27(11-8-21)19-16(12-14-4-1-2-5-17(14)26-19)20(29)25-15-6-9-24-18(28)13-15/h1-2,4-6,9,12-13H,3,7-8,10-11H2,(H2,24,25,28,29). The molecule has 29 heavy (non-hydrogen) atoms. The first-order valence-electron chi connectivity index (χ1n) is 9.44. The van der Waals surface area contributed by atoms with E-state index < -0.39 is 11.8 Å². The summed E-state index contributed by atoms with van der Waals surface area (Å²) in [5.74, 6) is -2.78. The lowest BCUT2D eigenvalue weighted by molar-refractivity contribution is -0.0102. The number of carbonyl (C=O) groups excluding carboxylic acids is 1. The zero-order chi connectivity index (χ0) is 20.4. The Kier molecular flexibility index (Phi) is 5.00. The molecule has 4 rings (SSSR count). The van der Waals surface area contributed by atoms with Crippen LogP contribution < -0.4 is 15.8 Å². The van der Waals surface area contributed by atoms with Crippen LogP contribution in [0.15, 0.2) is 53.5 Å². The van der Waals surface area contributed by atoms with Gasteiger partial charge in [0.1, 0.15) is 5.82 Å². The second-order valence-electron chi connectivity index (χ2n) is 7.14. The van der Waals surface area contributed by atoms with E-state index in [-0.39, 0.29) is 30.5 Å². The number of aromatic nitrogens is 2. The third kappa shape index (κ3) is 4.26. The quantitative estimate of drug-likeness (QED) is 0.704. The van der Waals surface area contributed by atoms with Gasteiger partial charge in [0.25, 0.3) is 5.91 Å². The molecule has 1 saturated heterocycles. The minimum atomic E-state index is -2.71. The number of hydrogen-bond donors (Lipinski definition) is 2. The van der Waals surface area contributed by atoms with Gasteiger partial charge in [-0.2, -0.15) is 0 Å². The number of alkyl halides is 2. The van der Waals surface area contributed by atoms with E-state index in [1.807, 2.05) is 24.3 Å². The first kappa shape index (κ1) is 19.0. The Bertz CT molecular complexity index is 1110. The van der Waals surface area contributed by atoms with E-state index in [0.29, 0.717) is 30.0 Å². The van der Waals surface area contributed by atoms with Gasteiger partial charge in [-0.25, -0.2) is 13.8 Å². The number of H-pyrrole nitrogens is 1. The molecule has 6 nitrogen and oxygen atoms in total. The summed E-state index contributed by atoms with van der Waals surface area (Å²) >= 11 is 0. The molecule has 1 aromatic carbocycles. The van der Waals surface area contributed by atoms with Gasteiger partial charge >= 0.3 is 0 Å². The maximum absolute atomic E-state index is 13.8. The van der Waals surface area contributed by atoms with E-state index in [1.54, 1.807) is 17.0 Å². The van der Waals surface area contributed by atoms with Crippen LogP contribution in [0.4, 0.5) is 20.3 Å². The number of pyridine rings is 2. The summed E-state index contributed by atoms with van der Waals surface area (Å²) in [5, 5.41) is 3.47. The molecule has 0 spiro atoms. The van der Waals surface area contributed by atoms with Crippen LogP contribution in [0.5, 0.6) is 0 Å². The molecule has 8 heteroatoms. The Hall–Kier alpha value is -3.29. The average molecular weight is 398 g/mol. The van der Waals surface area contributed by atoms with Crippen LogP contribution in [0.2, 0.25) is 0 Å². The molecule has 0 atom stereocenters. The summed E-state index contributed by atoms with van der Waals surface area (Å²) in [7, 11) is 0. The second kappa shape index (κ2) is 7.62. The van der Waals surface area contributed by atoms with E-state index in [4.69, 9.17) is 0 Å². The molecule has 0 saturated carbocycles. The molecule has 1 fully saturated rings. The maximum atomic E-state index is 13.8. The summed E-state index contributed by atoms with van der Waals surface area (Å²) in [5.41, 5.74) is 0.982. The van der Waals surface area contributed by atoms with Gasteiger partial charge in [0, 0.05) is 49.3 Å². The number of fused-ring (bicyclic) bond motifs is 1. The molecule has 0 aliphatic carbocycles. The predicted molar refractivity (Wildman–Crippen MR) is 108 cm³/mol. The van der Waals surface area contributed by atoms with Crippen LogP contribution in [0.3, 0.4) is 0 Å². The Morgan fingerprint density at radius 1 is 1.14 bits per heavy atom. The van der Waals surface area contributed by atoms with Gasteiger partial charge in [-0.05, 0) is 24.6 Å². The molecule has 150 valence electrons. The lowest BCUT2D eigenvalue weighted by Crippen LogP contribution is -2.29. The lowest BCUT2D eigenvalue weighted by atomic mass is 10.1. The number of nitrogens with one attached hydrogen (secondary N) is 2. The molecule has 1 aliphatic heterocycles. The number of nitrogens with zero attached hydrogens (tertiary/aromatic N) is 2. The normalized spacial score (nSPS) is 16.4. The monoisotopic (exact) mass is 398 g/mol. The third-order valence-corrected chi connectivity index (χ3v) is 5.00. The molecular formula is C21H20F2N4O2. The van der Waals surface area contributed by atoms with Crippen molar-refractivity contribution in [2.45, 2.75) is 25.2 Å². The minimum absolute atomic E-state index is 0.115. The molecule has 3 heterocycles. The predicted octanol–water partition coefficient (Wildman–Crippen LogP) is 3.80. The number of carbonyl (C=O) groups is 1. The second-order valence-corrected chi connectivity index (χ2v) is 7.14. The van der Waals surface area contributed by atoms with E-state index in [0.717, 1.165) is 5.39 Å². The van der Waals surface area contributed by atoms with Crippen LogP contribution in [0.1, 0.15) is 29.6 Å². The zero-order valence-electron chi connectivity index (χ0n) is 15.6. The molecule has 0 radical (unpaired) electrons. The van der Waals surface area contributed by atoms with Crippen LogP contribution in [-0.2, 0) is 0 Å². The van der Waals surface area contributed by atoms with Gasteiger partial charge in [0.15, 0.2) is 0 Å². The molecule has 2 aromatic heterocycles. The van der Waals surface area contributed by atoms with Crippen molar-refractivity contribution in [3.05, 3.63) is 64.6 Å². The van der Waals surface area contributed by atoms with Gasteiger partial charge in [0.2, 0.25) is 11.5 Å². The van der Waals surface area contributed by atoms with Crippen molar-refractivity contribution < 1.29 is 13.6 Å². The zero-order valence-corrected chi connectivity index (χ0v) is 15.6. The van der Waals surface area contributed by atoms with Crippen molar-refractivity contribution in [2.24, 2.45) is 0 Å². The highest BCUT2D eigenvalue weighted by Gasteiger charge is 2.33. The number of para-hydroxylation sites is 1. The summed E-state index contributed by atoms with van der Waals surface area (Å²) in [6.45, 7) is 0.510. The van der Waals surface area contributed by atoms with E-state index in [2.05, 4.69) is 15.3 Å². The van der Waals surface area contributed by atoms with E-state index >= 15 is 0 Å². The number of amides is 1. The molecule has 1 aliphatic rings. The summed E-state index contributed by atoms with van der Waals surface area (Å²) in [6, 6.07) is 11.9. The topological polar surface area (TPSA) is 78.1 Å². The smallest absolute Gasteiger partial charge is 0.259 e. The minimum Gasteiger partial charge on any atom is -0.356 e. The molecule has 0 bridgehead atoms. The highest BCUT2D eigenvalue weighted by Crippen LogP contribution is 2.32. The fourth-order valence-electron chi connectivity index (χ4n) is 3.51. The summed E-state index contributed by atoms with van der Waals surface area (Å²) < 4.78 is 27.7. The molecule has 3 aromatic rings. The number of benzene rings is 1. The van der Waals surface area contributed by atoms with Crippen LogP contribution >= 0.6 is 0 Å². The van der Waals surface area contributed by atoms with Crippen molar-refractivity contribution in [2.75, 3.05) is 23.3 Å². The largest absolute Gasteiger partial charge is 0.356 e. The lowest BCUT2D eigenvalue weighted by Gasteiger charge is -2.24.